The number of aryl methyl sites for hydroxylation is 1. The smallest absolute Gasteiger partial charge is 0.325 e. The van der Waals surface area contributed by atoms with E-state index in [0.717, 1.165) is 25.2 Å². The number of nitriles is 1. The lowest BCUT2D eigenvalue weighted by atomic mass is 10.1. The van der Waals surface area contributed by atoms with Crippen LogP contribution in [0.5, 0.6) is 0 Å². The molecule has 1 aliphatic heterocycles. The maximum absolute atomic E-state index is 12.5. The summed E-state index contributed by atoms with van der Waals surface area (Å²) >= 11 is 0. The van der Waals surface area contributed by atoms with Gasteiger partial charge in [0.15, 0.2) is 0 Å². The summed E-state index contributed by atoms with van der Waals surface area (Å²) in [5.74, 6) is 0.0167. The second kappa shape index (κ2) is 8.67. The third kappa shape index (κ3) is 4.75. The molecule has 146 valence electrons. The second-order valence-electron chi connectivity index (χ2n) is 6.98. The molecule has 1 fully saturated rings. The maximum Gasteiger partial charge on any atom is 0.325 e. The van der Waals surface area contributed by atoms with E-state index in [1.54, 1.807) is 6.92 Å². The molecule has 1 saturated heterocycles. The predicted octanol–water partition coefficient (Wildman–Crippen LogP) is 0.520. The van der Waals surface area contributed by atoms with Crippen LogP contribution in [0.4, 0.5) is 0 Å². The van der Waals surface area contributed by atoms with Crippen molar-refractivity contribution < 1.29 is 4.79 Å². The first kappa shape index (κ1) is 19.6. The van der Waals surface area contributed by atoms with Gasteiger partial charge in [0.1, 0.15) is 0 Å². The average molecular weight is 381 g/mol. The molecule has 0 unspecified atom stereocenters. The van der Waals surface area contributed by atoms with Crippen LogP contribution in [0.2, 0.25) is 0 Å². The highest BCUT2D eigenvalue weighted by Crippen LogP contribution is 2.11. The topological polar surface area (TPSA) is 113 Å². The first-order valence-electron chi connectivity index (χ1n) is 9.27. The van der Waals surface area contributed by atoms with Gasteiger partial charge < -0.3 is 9.88 Å². The number of hydrogen-bond acceptors (Lipinski definition) is 5. The molecule has 0 radical (unpaired) electrons. The van der Waals surface area contributed by atoms with Crippen LogP contribution in [0.25, 0.3) is 0 Å². The number of nitrogens with one attached hydrogen (secondary N) is 2. The van der Waals surface area contributed by atoms with E-state index < -0.39 is 11.2 Å². The molecule has 0 bridgehead atoms. The molecule has 2 aromatic rings. The van der Waals surface area contributed by atoms with Crippen molar-refractivity contribution in [1.82, 2.24) is 19.8 Å². The molecule has 0 atom stereocenters. The molecule has 3 rings (SSSR count). The Morgan fingerprint density at radius 3 is 2.39 bits per heavy atom. The lowest BCUT2D eigenvalue weighted by Crippen LogP contribution is -2.48. The first-order chi connectivity index (χ1) is 13.5. The molecule has 0 spiro atoms. The van der Waals surface area contributed by atoms with Crippen LogP contribution in [-0.4, -0.2) is 51.9 Å². The summed E-state index contributed by atoms with van der Waals surface area (Å²) in [5, 5.41) is 8.86. The Balaban J connectivity index is 1.49. The van der Waals surface area contributed by atoms with Gasteiger partial charge in [-0.15, -0.1) is 0 Å². The van der Waals surface area contributed by atoms with Gasteiger partial charge in [0.2, 0.25) is 5.91 Å². The fourth-order valence-corrected chi connectivity index (χ4v) is 3.42. The molecule has 2 N–H and O–H groups in total. The van der Waals surface area contributed by atoms with E-state index >= 15 is 0 Å². The number of hydrogen-bond donors (Lipinski definition) is 2. The summed E-state index contributed by atoms with van der Waals surface area (Å²) in [6.07, 6.45) is 0.549. The monoisotopic (exact) mass is 381 g/mol. The van der Waals surface area contributed by atoms with E-state index in [4.69, 9.17) is 5.26 Å². The predicted molar refractivity (Wildman–Crippen MR) is 104 cm³/mol. The molecule has 1 aliphatic rings. The summed E-state index contributed by atoms with van der Waals surface area (Å²) in [6, 6.07) is 9.66. The SMILES string of the molecule is Cc1[nH]c(=O)[nH]c(=O)c1CCC(=O)N1CCN(Cc2ccc(C#N)cc2)CC1. The third-order valence-electron chi connectivity index (χ3n) is 5.06. The van der Waals surface area contributed by atoms with Crippen LogP contribution in [-0.2, 0) is 17.8 Å². The lowest BCUT2D eigenvalue weighted by molar-refractivity contribution is -0.133. The maximum atomic E-state index is 12.5. The molecule has 1 amide bonds. The molecular weight excluding hydrogens is 358 g/mol. The molecule has 1 aromatic heterocycles. The van der Waals surface area contributed by atoms with Crippen molar-refractivity contribution in [2.24, 2.45) is 0 Å². The molecule has 8 nitrogen and oxygen atoms in total. The Morgan fingerprint density at radius 1 is 1.11 bits per heavy atom. The van der Waals surface area contributed by atoms with Crippen molar-refractivity contribution in [3.63, 3.8) is 0 Å². The van der Waals surface area contributed by atoms with Crippen molar-refractivity contribution in [2.75, 3.05) is 26.2 Å². The molecule has 28 heavy (non-hydrogen) atoms. The number of benzene rings is 1. The average Bonchev–Trinajstić information content (AvgIpc) is 2.68. The van der Waals surface area contributed by atoms with Crippen molar-refractivity contribution >= 4 is 5.91 Å². The number of carbonyl (C=O) groups is 1. The number of nitrogens with zero attached hydrogens (tertiary/aromatic N) is 3. The van der Waals surface area contributed by atoms with Gasteiger partial charge in [0.25, 0.3) is 5.56 Å². The Labute approximate surface area is 162 Å². The minimum Gasteiger partial charge on any atom is -0.340 e. The fourth-order valence-electron chi connectivity index (χ4n) is 3.42. The summed E-state index contributed by atoms with van der Waals surface area (Å²) in [7, 11) is 0. The number of amides is 1. The molecule has 0 saturated carbocycles. The van der Waals surface area contributed by atoms with E-state index in [1.807, 2.05) is 29.2 Å². The lowest BCUT2D eigenvalue weighted by Gasteiger charge is -2.34. The van der Waals surface area contributed by atoms with E-state index in [9.17, 15) is 14.4 Å². The zero-order chi connectivity index (χ0) is 20.1. The first-order valence-corrected chi connectivity index (χ1v) is 9.27. The highest BCUT2D eigenvalue weighted by molar-refractivity contribution is 5.76. The van der Waals surface area contributed by atoms with Crippen molar-refractivity contribution in [3.05, 3.63) is 67.5 Å². The standard InChI is InChI=1S/C20H23N5O3/c1-14-17(19(27)23-20(28)22-14)6-7-18(26)25-10-8-24(9-11-25)13-16-4-2-15(12-21)3-5-16/h2-5H,6-11,13H2,1H3,(H2,22,23,27,28). The molecule has 0 aliphatic carbocycles. The van der Waals surface area contributed by atoms with Crippen molar-refractivity contribution in [3.8, 4) is 6.07 Å². The number of aromatic nitrogens is 2. The summed E-state index contributed by atoms with van der Waals surface area (Å²) in [6.45, 7) is 5.32. The van der Waals surface area contributed by atoms with Crippen LogP contribution >= 0.6 is 0 Å². The summed E-state index contributed by atoms with van der Waals surface area (Å²) < 4.78 is 0. The minimum absolute atomic E-state index is 0.0167. The van der Waals surface area contributed by atoms with Crippen LogP contribution in [0, 0.1) is 18.3 Å². The number of aromatic amines is 2. The van der Waals surface area contributed by atoms with Crippen LogP contribution in [0.1, 0.15) is 28.8 Å². The number of H-pyrrole nitrogens is 2. The number of piperazine rings is 1. The number of rotatable bonds is 5. The summed E-state index contributed by atoms with van der Waals surface area (Å²) in [5.41, 5.74) is 1.79. The van der Waals surface area contributed by atoms with Gasteiger partial charge >= 0.3 is 5.69 Å². The van der Waals surface area contributed by atoms with Gasteiger partial charge in [0.05, 0.1) is 11.6 Å². The Kier molecular flexibility index (Phi) is 6.06. The van der Waals surface area contributed by atoms with Gasteiger partial charge in [-0.05, 0) is 31.0 Å². The minimum atomic E-state index is -0.532. The highest BCUT2D eigenvalue weighted by Gasteiger charge is 2.21. The Bertz CT molecular complexity index is 992. The quantitative estimate of drug-likeness (QED) is 0.784. The van der Waals surface area contributed by atoms with Gasteiger partial charge in [-0.3, -0.25) is 19.5 Å². The highest BCUT2D eigenvalue weighted by atomic mass is 16.2. The van der Waals surface area contributed by atoms with Crippen LogP contribution < -0.4 is 11.2 Å². The molecular formula is C20H23N5O3. The Hall–Kier alpha value is -3.18. The van der Waals surface area contributed by atoms with E-state index in [-0.39, 0.29) is 12.3 Å². The van der Waals surface area contributed by atoms with Crippen molar-refractivity contribution in [1.29, 1.82) is 5.26 Å². The van der Waals surface area contributed by atoms with Gasteiger partial charge in [0, 0.05) is 50.4 Å². The normalized spacial score (nSPS) is 14.6. The van der Waals surface area contributed by atoms with E-state index in [1.165, 1.54) is 0 Å². The van der Waals surface area contributed by atoms with Gasteiger partial charge in [-0.25, -0.2) is 4.79 Å². The van der Waals surface area contributed by atoms with Crippen molar-refractivity contribution in [2.45, 2.75) is 26.3 Å². The Morgan fingerprint density at radius 2 is 1.79 bits per heavy atom. The van der Waals surface area contributed by atoms with Crippen LogP contribution in [0.3, 0.4) is 0 Å². The molecule has 2 heterocycles. The fraction of sp³-hybridized carbons (Fsp3) is 0.400. The molecule has 8 heteroatoms. The van der Waals surface area contributed by atoms with Gasteiger partial charge in [-0.1, -0.05) is 12.1 Å². The number of carbonyl (C=O) groups excluding carboxylic acids is 1. The second-order valence-corrected chi connectivity index (χ2v) is 6.98. The van der Waals surface area contributed by atoms with E-state index in [2.05, 4.69) is 20.9 Å². The van der Waals surface area contributed by atoms with Crippen LogP contribution in [0.15, 0.2) is 33.9 Å². The van der Waals surface area contributed by atoms with Gasteiger partial charge in [-0.2, -0.15) is 5.26 Å². The zero-order valence-electron chi connectivity index (χ0n) is 15.8. The third-order valence-corrected chi connectivity index (χ3v) is 5.06. The summed E-state index contributed by atoms with van der Waals surface area (Å²) in [4.78, 5) is 44.5. The zero-order valence-corrected chi connectivity index (χ0v) is 15.8. The molecule has 1 aromatic carbocycles. The van der Waals surface area contributed by atoms with E-state index in [0.29, 0.717) is 36.3 Å². The largest absolute Gasteiger partial charge is 0.340 e.